The van der Waals surface area contributed by atoms with Crippen LogP contribution in [0, 0.1) is 17.6 Å². The van der Waals surface area contributed by atoms with Crippen LogP contribution in [0.4, 0.5) is 8.78 Å². The van der Waals surface area contributed by atoms with Crippen LogP contribution >= 0.6 is 0 Å². The van der Waals surface area contributed by atoms with E-state index in [1.165, 1.54) is 28.8 Å². The average Bonchev–Trinajstić information content (AvgIpc) is 3.74. The van der Waals surface area contributed by atoms with E-state index in [-0.39, 0.29) is 41.1 Å². The number of hydrogen-bond acceptors (Lipinski definition) is 6. The van der Waals surface area contributed by atoms with Crippen molar-refractivity contribution in [3.63, 3.8) is 0 Å². The second kappa shape index (κ2) is 12.5. The molecule has 1 fully saturated rings. The zero-order valence-electron chi connectivity index (χ0n) is 23.2. The quantitative estimate of drug-likeness (QED) is 0.174. The predicted molar refractivity (Wildman–Crippen MR) is 155 cm³/mol. The highest BCUT2D eigenvalue weighted by molar-refractivity contribution is 7.90. The second-order valence-corrected chi connectivity index (χ2v) is 14.0. The molecule has 0 radical (unpaired) electrons. The van der Waals surface area contributed by atoms with Gasteiger partial charge < -0.3 is 9.12 Å². The van der Waals surface area contributed by atoms with Gasteiger partial charge in [-0.3, -0.25) is 9.59 Å². The van der Waals surface area contributed by atoms with E-state index in [9.17, 15) is 27.0 Å². The molecule has 2 aromatic carbocycles. The van der Waals surface area contributed by atoms with Crippen molar-refractivity contribution in [1.29, 1.82) is 0 Å². The monoisotopic (exact) mass is 605 g/mol. The first-order valence-corrected chi connectivity index (χ1v) is 15.5. The molecule has 1 aliphatic rings. The van der Waals surface area contributed by atoms with Crippen LogP contribution in [0.1, 0.15) is 66.7 Å². The molecule has 1 aliphatic carbocycles. The summed E-state index contributed by atoms with van der Waals surface area (Å²) < 4.78 is 70.3. The van der Waals surface area contributed by atoms with Crippen LogP contribution in [-0.2, 0) is 35.7 Å². The van der Waals surface area contributed by atoms with Crippen molar-refractivity contribution in [2.75, 3.05) is 6.54 Å². The lowest BCUT2D eigenvalue weighted by atomic mass is 9.87. The van der Waals surface area contributed by atoms with Crippen molar-refractivity contribution >= 4 is 28.0 Å². The zero-order chi connectivity index (χ0) is 30.1. The highest BCUT2D eigenvalue weighted by Crippen LogP contribution is 2.45. The van der Waals surface area contributed by atoms with Crippen LogP contribution < -0.4 is 15.0 Å². The molecule has 8 nitrogen and oxygen atoms in total. The number of pyridine rings is 1. The molecule has 3 aromatic rings. The van der Waals surface area contributed by atoms with Gasteiger partial charge in [0.15, 0.2) is 5.78 Å². The van der Waals surface area contributed by atoms with E-state index in [4.69, 9.17) is 0 Å². The first-order valence-electron chi connectivity index (χ1n) is 13.2. The smallest absolute Gasteiger partial charge is 0.250 e. The molecule has 2 atom stereocenters. The van der Waals surface area contributed by atoms with Crippen LogP contribution in [0.25, 0.3) is 11.1 Å². The third-order valence-electron chi connectivity index (χ3n) is 6.94. The zero-order valence-corrected chi connectivity index (χ0v) is 24.9. The van der Waals surface area contributed by atoms with E-state index >= 15 is 4.39 Å². The molecule has 220 valence electrons. The van der Waals surface area contributed by atoms with Crippen LogP contribution in [0.3, 0.4) is 0 Å². The van der Waals surface area contributed by atoms with Crippen molar-refractivity contribution < 1.29 is 26.5 Å². The van der Waals surface area contributed by atoms with Crippen molar-refractivity contribution in [3.8, 4) is 11.1 Å². The van der Waals surface area contributed by atoms with Crippen LogP contribution in [0.5, 0.6) is 0 Å². The van der Waals surface area contributed by atoms with Gasteiger partial charge in [0, 0.05) is 53.9 Å². The van der Waals surface area contributed by atoms with Gasteiger partial charge in [-0.2, -0.15) is 0 Å². The molecule has 4 rings (SSSR count). The van der Waals surface area contributed by atoms with Gasteiger partial charge in [0.2, 0.25) is 10.9 Å². The Morgan fingerprint density at radius 3 is 2.37 bits per heavy atom. The topological polar surface area (TPSA) is 120 Å². The van der Waals surface area contributed by atoms with Gasteiger partial charge in [0.1, 0.15) is 16.4 Å². The summed E-state index contributed by atoms with van der Waals surface area (Å²) >= 11 is -1.48. The van der Waals surface area contributed by atoms with Gasteiger partial charge in [-0.15, -0.1) is 4.72 Å². The van der Waals surface area contributed by atoms with E-state index < -0.39 is 50.5 Å². The van der Waals surface area contributed by atoms with Gasteiger partial charge >= 0.3 is 0 Å². The van der Waals surface area contributed by atoms with E-state index in [1.807, 2.05) is 20.8 Å². The molecule has 0 spiro atoms. The van der Waals surface area contributed by atoms with Gasteiger partial charge in [-0.25, -0.2) is 21.9 Å². The lowest BCUT2D eigenvalue weighted by Gasteiger charge is -2.29. The second-order valence-electron chi connectivity index (χ2n) is 11.1. The molecule has 2 N–H and O–H groups in total. The molecule has 1 aromatic heterocycles. The normalized spacial score (nSPS) is 15.2. The Morgan fingerprint density at radius 1 is 1.12 bits per heavy atom. The number of rotatable bonds is 11. The Hall–Kier alpha value is -2.90. The fourth-order valence-corrected chi connectivity index (χ4v) is 5.72. The third kappa shape index (κ3) is 7.49. The van der Waals surface area contributed by atoms with Crippen molar-refractivity contribution in [3.05, 3.63) is 92.9 Å². The summed E-state index contributed by atoms with van der Waals surface area (Å²) in [5, 5.41) is 0. The summed E-state index contributed by atoms with van der Waals surface area (Å²) in [4.78, 5) is 26.6. The van der Waals surface area contributed by atoms with E-state index in [2.05, 4.69) is 9.44 Å². The molecule has 0 amide bonds. The summed E-state index contributed by atoms with van der Waals surface area (Å²) in [5.41, 5.74) is 1.30. The number of carbonyl (C=O) groups excluding carboxylic acids is 1. The highest BCUT2D eigenvalue weighted by Gasteiger charge is 2.40. The van der Waals surface area contributed by atoms with E-state index in [1.54, 1.807) is 13.2 Å². The number of benzene rings is 2. The molecular weight excluding hydrogens is 572 g/mol. The van der Waals surface area contributed by atoms with Gasteiger partial charge in [-0.05, 0) is 99.0 Å². The maximum absolute atomic E-state index is 15.4. The Kier molecular flexibility index (Phi) is 9.49. The third-order valence-corrected chi connectivity index (χ3v) is 9.00. The van der Waals surface area contributed by atoms with Gasteiger partial charge in [0.25, 0.3) is 5.56 Å². The fourth-order valence-electron chi connectivity index (χ4n) is 4.52. The molecule has 0 aliphatic heterocycles. The molecule has 0 saturated heterocycles. The molecular formula is C29H33F2N3O5S2. The number of thiol groups is 1. The molecule has 1 heterocycles. The number of hydrogen-bond donors (Lipinski definition) is 3. The summed E-state index contributed by atoms with van der Waals surface area (Å²) in [6.45, 7) is 5.44. The molecule has 12 heteroatoms. The SMILES string of the molecule is Cn1cc(-c2cc(CCN[SH](=O)=O)c(F)cc2C(=O)c2ccc(F)cc2)c([C@@H](N[S+]([O-])C(C)(C)C)C2CC2)cc1=O. The van der Waals surface area contributed by atoms with Crippen molar-refractivity contribution in [1.82, 2.24) is 14.0 Å². The van der Waals surface area contributed by atoms with Crippen molar-refractivity contribution in [2.45, 2.75) is 50.8 Å². The van der Waals surface area contributed by atoms with Gasteiger partial charge in [0.05, 0.1) is 6.04 Å². The number of halogens is 2. The summed E-state index contributed by atoms with van der Waals surface area (Å²) in [6, 6.07) is 8.45. The van der Waals surface area contributed by atoms with E-state index in [0.717, 1.165) is 31.0 Å². The van der Waals surface area contributed by atoms with Crippen molar-refractivity contribution in [2.24, 2.45) is 13.0 Å². The molecule has 1 saturated carbocycles. The summed E-state index contributed by atoms with van der Waals surface area (Å²) in [7, 11) is -1.32. The van der Waals surface area contributed by atoms with Gasteiger partial charge in [-0.1, -0.05) is 0 Å². The minimum absolute atomic E-state index is 0.00655. The van der Waals surface area contributed by atoms with Crippen LogP contribution in [0.2, 0.25) is 0 Å². The Balaban J connectivity index is 1.93. The lowest BCUT2D eigenvalue weighted by Crippen LogP contribution is -2.42. The Labute approximate surface area is 242 Å². The largest absolute Gasteiger partial charge is 0.598 e. The fraction of sp³-hybridized carbons (Fsp3) is 0.379. The first kappa shape index (κ1) is 31.0. The predicted octanol–water partition coefficient (Wildman–Crippen LogP) is 3.72. The highest BCUT2D eigenvalue weighted by atomic mass is 32.2. The maximum Gasteiger partial charge on any atom is 0.250 e. The maximum atomic E-state index is 15.4. The number of aryl methyl sites for hydroxylation is 1. The number of carbonyl (C=O) groups is 1. The van der Waals surface area contributed by atoms with Crippen LogP contribution in [-0.4, -0.2) is 34.6 Å². The van der Waals surface area contributed by atoms with E-state index in [0.29, 0.717) is 16.7 Å². The summed E-state index contributed by atoms with van der Waals surface area (Å²) in [6.07, 6.45) is 3.28. The molecule has 0 bridgehead atoms. The standard InChI is InChI=1S/C29H33F2N3O5S2/c1-29(2,3)40(37)33-27(17-5-6-17)22-15-26(35)34(4)16-24(22)21-13-19(11-12-32-41(38)39)25(31)14-23(21)28(36)18-7-9-20(30)10-8-18/h7-10,13-17,27,33,41H,5-6,11-12H2,1-4H3,(H,32,38,39)/t27-,40?/m0/s1. The molecule has 1 unspecified atom stereocenters. The Morgan fingerprint density at radius 2 is 1.78 bits per heavy atom. The molecule has 41 heavy (non-hydrogen) atoms. The number of nitrogens with one attached hydrogen (secondary N) is 2. The average molecular weight is 606 g/mol. The number of aromatic nitrogens is 1. The summed E-state index contributed by atoms with van der Waals surface area (Å²) in [5.74, 6) is -1.70. The number of ketones is 1. The van der Waals surface area contributed by atoms with Crippen LogP contribution in [0.15, 0.2) is 53.5 Å². The number of nitrogens with zero attached hydrogens (tertiary/aromatic N) is 1. The minimum atomic E-state index is -2.88. The minimum Gasteiger partial charge on any atom is -0.598 e. The first-order chi connectivity index (χ1) is 19.3. The Bertz CT molecular complexity index is 1570. The lowest BCUT2D eigenvalue weighted by molar-refractivity contribution is 0.103.